The van der Waals surface area contributed by atoms with Crippen LogP contribution in [-0.4, -0.2) is 26.1 Å². The molecule has 1 aromatic rings. The smallest absolute Gasteiger partial charge is 0.192 e. The van der Waals surface area contributed by atoms with Gasteiger partial charge in [-0.05, 0) is 36.5 Å². The molecule has 1 atom stereocenters. The molecule has 1 N–H and O–H groups in total. The Kier molecular flexibility index (Phi) is 7.35. The van der Waals surface area contributed by atoms with E-state index in [2.05, 4.69) is 32.9 Å². The third-order valence-corrected chi connectivity index (χ3v) is 8.77. The lowest BCUT2D eigenvalue weighted by molar-refractivity contribution is 0.0946. The first-order valence-electron chi connectivity index (χ1n) is 7.51. The molecule has 0 aromatic heterocycles. The summed E-state index contributed by atoms with van der Waals surface area (Å²) in [7, 11) is -1.55. The molecule has 0 heterocycles. The number of aryl methyl sites for hydroxylation is 1. The van der Waals surface area contributed by atoms with Crippen LogP contribution in [0.1, 0.15) is 32.8 Å². The minimum Gasteiger partial charge on any atom is -0.414 e. The van der Waals surface area contributed by atoms with Crippen LogP contribution in [0.15, 0.2) is 30.3 Å². The fraction of sp³-hybridized carbons (Fsp3) is 0.625. The van der Waals surface area contributed by atoms with E-state index in [1.165, 1.54) is 5.56 Å². The highest BCUT2D eigenvalue weighted by Crippen LogP contribution is 2.22. The first-order chi connectivity index (χ1) is 9.15. The minimum absolute atomic E-state index is 0.336. The molecule has 19 heavy (non-hydrogen) atoms. The third-order valence-electron chi connectivity index (χ3n) is 4.12. The Hall–Kier alpha value is -0.643. The molecule has 108 valence electrons. The summed E-state index contributed by atoms with van der Waals surface area (Å²) in [6, 6.07) is 13.8. The van der Waals surface area contributed by atoms with E-state index in [1.54, 1.807) is 0 Å². The average Bonchev–Trinajstić information content (AvgIpc) is 2.48. The van der Waals surface area contributed by atoms with E-state index in [-0.39, 0.29) is 6.10 Å². The standard InChI is InChI=1S/C16H28O2Si/c1-4-19(5-2,6-3)18-14-16(17)13-12-15-10-8-7-9-11-15/h7-11,16-17H,4-6,12-14H2,1-3H3. The predicted molar refractivity (Wildman–Crippen MR) is 83.9 cm³/mol. The van der Waals surface area contributed by atoms with E-state index >= 15 is 0 Å². The Morgan fingerprint density at radius 2 is 1.63 bits per heavy atom. The molecule has 2 nitrogen and oxygen atoms in total. The van der Waals surface area contributed by atoms with Crippen LogP contribution in [0.5, 0.6) is 0 Å². The molecule has 1 aromatic carbocycles. The van der Waals surface area contributed by atoms with E-state index in [9.17, 15) is 5.11 Å². The maximum atomic E-state index is 10.1. The maximum absolute atomic E-state index is 10.1. The van der Waals surface area contributed by atoms with Crippen molar-refractivity contribution in [3.63, 3.8) is 0 Å². The summed E-state index contributed by atoms with van der Waals surface area (Å²) in [5.41, 5.74) is 1.28. The van der Waals surface area contributed by atoms with Crippen LogP contribution < -0.4 is 0 Å². The highest BCUT2D eigenvalue weighted by atomic mass is 28.4. The molecule has 3 heteroatoms. The SMILES string of the molecule is CC[Si](CC)(CC)OCC(O)CCc1ccccc1. The highest BCUT2D eigenvalue weighted by Gasteiger charge is 2.29. The van der Waals surface area contributed by atoms with Gasteiger partial charge in [-0.2, -0.15) is 0 Å². The van der Waals surface area contributed by atoms with Gasteiger partial charge in [0, 0.05) is 0 Å². The molecule has 0 radical (unpaired) electrons. The van der Waals surface area contributed by atoms with Crippen molar-refractivity contribution in [3.8, 4) is 0 Å². The number of aliphatic hydroxyl groups is 1. The Labute approximate surface area is 118 Å². The lowest BCUT2D eigenvalue weighted by Gasteiger charge is -2.29. The van der Waals surface area contributed by atoms with E-state index < -0.39 is 8.32 Å². The largest absolute Gasteiger partial charge is 0.414 e. The lowest BCUT2D eigenvalue weighted by atomic mass is 10.1. The first-order valence-corrected chi connectivity index (χ1v) is 10.0. The van der Waals surface area contributed by atoms with E-state index in [0.717, 1.165) is 31.0 Å². The summed E-state index contributed by atoms with van der Waals surface area (Å²) in [5.74, 6) is 0. The van der Waals surface area contributed by atoms with Gasteiger partial charge >= 0.3 is 0 Å². The second-order valence-corrected chi connectivity index (χ2v) is 10.0. The van der Waals surface area contributed by atoms with Crippen LogP contribution >= 0.6 is 0 Å². The number of benzene rings is 1. The zero-order valence-corrected chi connectivity index (χ0v) is 13.6. The fourth-order valence-corrected chi connectivity index (χ4v) is 5.05. The van der Waals surface area contributed by atoms with E-state index in [0.29, 0.717) is 6.61 Å². The fourth-order valence-electron chi connectivity index (χ4n) is 2.39. The van der Waals surface area contributed by atoms with Gasteiger partial charge in [0.1, 0.15) is 0 Å². The maximum Gasteiger partial charge on any atom is 0.192 e. The van der Waals surface area contributed by atoms with Gasteiger partial charge in [-0.25, -0.2) is 0 Å². The molecule has 0 bridgehead atoms. The van der Waals surface area contributed by atoms with E-state index in [4.69, 9.17) is 4.43 Å². The summed E-state index contributed by atoms with van der Waals surface area (Å²) in [4.78, 5) is 0. The molecule has 0 fully saturated rings. The second-order valence-electron chi connectivity index (χ2n) is 5.23. The van der Waals surface area contributed by atoms with Crippen molar-refractivity contribution in [1.82, 2.24) is 0 Å². The Bertz CT molecular complexity index is 328. The van der Waals surface area contributed by atoms with Crippen LogP contribution in [0.25, 0.3) is 0 Å². The molecule has 0 spiro atoms. The molecule has 0 saturated carbocycles. The summed E-state index contributed by atoms with van der Waals surface area (Å²) in [5, 5.41) is 10.1. The van der Waals surface area contributed by atoms with Crippen molar-refractivity contribution in [3.05, 3.63) is 35.9 Å². The van der Waals surface area contributed by atoms with Gasteiger partial charge in [0.25, 0.3) is 0 Å². The first kappa shape index (κ1) is 16.4. The van der Waals surface area contributed by atoms with Crippen molar-refractivity contribution in [2.75, 3.05) is 6.61 Å². The van der Waals surface area contributed by atoms with Gasteiger partial charge in [0.05, 0.1) is 12.7 Å². The monoisotopic (exact) mass is 280 g/mol. The van der Waals surface area contributed by atoms with Crippen LogP contribution in [-0.2, 0) is 10.8 Å². The third kappa shape index (κ3) is 5.47. The van der Waals surface area contributed by atoms with E-state index in [1.807, 2.05) is 18.2 Å². The lowest BCUT2D eigenvalue weighted by Crippen LogP contribution is -2.38. The van der Waals surface area contributed by atoms with Gasteiger partial charge in [-0.15, -0.1) is 0 Å². The van der Waals surface area contributed by atoms with Crippen LogP contribution in [0.3, 0.4) is 0 Å². The van der Waals surface area contributed by atoms with Gasteiger partial charge < -0.3 is 9.53 Å². The Morgan fingerprint density at radius 1 is 1.05 bits per heavy atom. The normalized spacial score (nSPS) is 13.5. The highest BCUT2D eigenvalue weighted by molar-refractivity contribution is 6.73. The van der Waals surface area contributed by atoms with Crippen molar-refractivity contribution in [1.29, 1.82) is 0 Å². The molecule has 0 aliphatic carbocycles. The van der Waals surface area contributed by atoms with Crippen LogP contribution in [0.2, 0.25) is 18.1 Å². The second kappa shape index (κ2) is 8.51. The molecular weight excluding hydrogens is 252 g/mol. The van der Waals surface area contributed by atoms with Crippen molar-refractivity contribution < 1.29 is 9.53 Å². The molecule has 0 aliphatic rings. The zero-order valence-electron chi connectivity index (χ0n) is 12.6. The van der Waals surface area contributed by atoms with Gasteiger partial charge in [-0.3, -0.25) is 0 Å². The molecule has 1 unspecified atom stereocenters. The average molecular weight is 280 g/mol. The molecule has 1 rings (SSSR count). The zero-order chi connectivity index (χ0) is 14.1. The molecule has 0 saturated heterocycles. The topological polar surface area (TPSA) is 29.5 Å². The molecule has 0 amide bonds. The number of aliphatic hydroxyl groups excluding tert-OH is 1. The minimum atomic E-state index is -1.55. The number of hydrogen-bond donors (Lipinski definition) is 1. The van der Waals surface area contributed by atoms with Crippen LogP contribution in [0, 0.1) is 0 Å². The summed E-state index contributed by atoms with van der Waals surface area (Å²) in [6.45, 7) is 7.16. The number of rotatable bonds is 9. The summed E-state index contributed by atoms with van der Waals surface area (Å²) >= 11 is 0. The van der Waals surface area contributed by atoms with Gasteiger partial charge in [0.2, 0.25) is 0 Å². The van der Waals surface area contributed by atoms with Crippen molar-refractivity contribution in [2.24, 2.45) is 0 Å². The Balaban J connectivity index is 2.33. The van der Waals surface area contributed by atoms with Crippen molar-refractivity contribution >= 4 is 8.32 Å². The predicted octanol–water partition coefficient (Wildman–Crippen LogP) is 4.00. The van der Waals surface area contributed by atoms with Crippen molar-refractivity contribution in [2.45, 2.75) is 57.8 Å². The van der Waals surface area contributed by atoms with Gasteiger partial charge in [0.15, 0.2) is 8.32 Å². The molecular formula is C16H28O2Si. The van der Waals surface area contributed by atoms with Crippen LogP contribution in [0.4, 0.5) is 0 Å². The number of hydrogen-bond acceptors (Lipinski definition) is 2. The van der Waals surface area contributed by atoms with Gasteiger partial charge in [-0.1, -0.05) is 51.1 Å². The Morgan fingerprint density at radius 3 is 2.16 bits per heavy atom. The summed E-state index contributed by atoms with van der Waals surface area (Å²) in [6.07, 6.45) is 1.37. The molecule has 0 aliphatic heterocycles. The quantitative estimate of drug-likeness (QED) is 0.693. The summed E-state index contributed by atoms with van der Waals surface area (Å²) < 4.78 is 6.12.